The fourth-order valence-corrected chi connectivity index (χ4v) is 1.80. The van der Waals surface area contributed by atoms with E-state index in [9.17, 15) is 0 Å². The summed E-state index contributed by atoms with van der Waals surface area (Å²) in [5, 5.41) is 4.10. The minimum atomic E-state index is 0.734. The van der Waals surface area contributed by atoms with Crippen LogP contribution >= 0.6 is 11.6 Å². The number of halogens is 1. The molecule has 3 nitrogen and oxygen atoms in total. The van der Waals surface area contributed by atoms with Crippen LogP contribution in [0.15, 0.2) is 18.2 Å². The van der Waals surface area contributed by atoms with Gasteiger partial charge in [0.2, 0.25) is 0 Å². The Morgan fingerprint density at radius 3 is 2.83 bits per heavy atom. The first-order chi connectivity index (χ1) is 8.77. The van der Waals surface area contributed by atoms with Crippen molar-refractivity contribution in [3.63, 3.8) is 0 Å². The highest BCUT2D eigenvalue weighted by Gasteiger charge is 2.04. The summed E-state index contributed by atoms with van der Waals surface area (Å²) in [6.07, 6.45) is 2.01. The quantitative estimate of drug-likeness (QED) is 0.700. The van der Waals surface area contributed by atoms with Crippen LogP contribution < -0.4 is 10.1 Å². The summed E-state index contributed by atoms with van der Waals surface area (Å²) in [6, 6.07) is 5.75. The second-order valence-corrected chi connectivity index (χ2v) is 4.56. The zero-order valence-corrected chi connectivity index (χ0v) is 11.9. The molecule has 1 N–H and O–H groups in total. The fraction of sp³-hybridized carbons (Fsp3) is 0.571. The molecule has 0 heterocycles. The summed E-state index contributed by atoms with van der Waals surface area (Å²) in [6.45, 7) is 5.30. The number of rotatable bonds is 9. The van der Waals surface area contributed by atoms with Gasteiger partial charge in [-0.15, -0.1) is 0 Å². The molecule has 4 heteroatoms. The van der Waals surface area contributed by atoms with Gasteiger partial charge < -0.3 is 14.8 Å². The summed E-state index contributed by atoms with van der Waals surface area (Å²) >= 11 is 6.01. The average Bonchev–Trinajstić information content (AvgIpc) is 2.37. The lowest BCUT2D eigenvalue weighted by Crippen LogP contribution is -2.16. The van der Waals surface area contributed by atoms with Crippen molar-refractivity contribution in [3.8, 4) is 5.75 Å². The van der Waals surface area contributed by atoms with Gasteiger partial charge in [-0.25, -0.2) is 0 Å². The molecule has 1 aromatic rings. The van der Waals surface area contributed by atoms with Crippen LogP contribution in [0.5, 0.6) is 5.75 Å². The predicted octanol–water partition coefficient (Wildman–Crippen LogP) is 3.25. The molecule has 0 atom stereocenters. The minimum absolute atomic E-state index is 0.734. The van der Waals surface area contributed by atoms with Gasteiger partial charge in [-0.3, -0.25) is 0 Å². The van der Waals surface area contributed by atoms with Crippen molar-refractivity contribution in [1.29, 1.82) is 0 Å². The van der Waals surface area contributed by atoms with Gasteiger partial charge in [-0.2, -0.15) is 0 Å². The molecule has 1 rings (SSSR count). The summed E-state index contributed by atoms with van der Waals surface area (Å²) < 4.78 is 10.7. The monoisotopic (exact) mass is 271 g/mol. The molecule has 18 heavy (non-hydrogen) atoms. The van der Waals surface area contributed by atoms with E-state index in [0.717, 1.165) is 55.5 Å². The summed E-state index contributed by atoms with van der Waals surface area (Å²) in [7, 11) is 1.72. The predicted molar refractivity (Wildman–Crippen MR) is 75.4 cm³/mol. The number of ether oxygens (including phenoxy) is 2. The molecule has 0 aliphatic rings. The topological polar surface area (TPSA) is 30.5 Å². The van der Waals surface area contributed by atoms with Crippen LogP contribution in [0.2, 0.25) is 5.02 Å². The highest BCUT2D eigenvalue weighted by molar-refractivity contribution is 6.30. The SMILES string of the molecule is CCCOc1ccc(Cl)cc1CNCCCOC. The molecule has 0 unspecified atom stereocenters. The normalized spacial score (nSPS) is 10.6. The van der Waals surface area contributed by atoms with E-state index in [0.29, 0.717) is 0 Å². The smallest absolute Gasteiger partial charge is 0.123 e. The first-order valence-corrected chi connectivity index (χ1v) is 6.76. The Hall–Kier alpha value is -0.770. The standard InChI is InChI=1S/C14H22ClNO2/c1-3-8-18-14-6-5-13(15)10-12(14)11-16-7-4-9-17-2/h5-6,10,16H,3-4,7-9,11H2,1-2H3. The van der Waals surface area contributed by atoms with E-state index >= 15 is 0 Å². The Bertz CT molecular complexity index is 345. The van der Waals surface area contributed by atoms with Crippen molar-refractivity contribution in [2.24, 2.45) is 0 Å². The number of hydrogen-bond donors (Lipinski definition) is 1. The van der Waals surface area contributed by atoms with E-state index in [2.05, 4.69) is 12.2 Å². The van der Waals surface area contributed by atoms with Crippen LogP contribution in [0.3, 0.4) is 0 Å². The van der Waals surface area contributed by atoms with Crippen molar-refractivity contribution in [2.75, 3.05) is 26.9 Å². The Kier molecular flexibility index (Phi) is 7.81. The molecule has 0 spiro atoms. The maximum absolute atomic E-state index is 6.01. The summed E-state index contributed by atoms with van der Waals surface area (Å²) in [4.78, 5) is 0. The molecule has 0 aromatic heterocycles. The third-order valence-electron chi connectivity index (χ3n) is 2.50. The molecule has 0 fully saturated rings. The lowest BCUT2D eigenvalue weighted by molar-refractivity contribution is 0.194. The average molecular weight is 272 g/mol. The van der Waals surface area contributed by atoms with Crippen LogP contribution in [0.4, 0.5) is 0 Å². The molecule has 0 bridgehead atoms. The van der Waals surface area contributed by atoms with Gasteiger partial charge in [0.05, 0.1) is 6.61 Å². The van der Waals surface area contributed by atoms with Gasteiger partial charge in [-0.1, -0.05) is 18.5 Å². The molecular formula is C14H22ClNO2. The maximum atomic E-state index is 6.01. The number of nitrogens with one attached hydrogen (secondary N) is 1. The second-order valence-electron chi connectivity index (χ2n) is 4.12. The minimum Gasteiger partial charge on any atom is -0.493 e. The molecule has 0 aliphatic heterocycles. The third kappa shape index (κ3) is 5.71. The van der Waals surface area contributed by atoms with Crippen molar-refractivity contribution < 1.29 is 9.47 Å². The largest absolute Gasteiger partial charge is 0.493 e. The summed E-state index contributed by atoms with van der Waals surface area (Å²) in [5.41, 5.74) is 1.10. The van der Waals surface area contributed by atoms with Crippen molar-refractivity contribution >= 4 is 11.6 Å². The van der Waals surface area contributed by atoms with Crippen LogP contribution in [0.1, 0.15) is 25.3 Å². The van der Waals surface area contributed by atoms with E-state index < -0.39 is 0 Å². The zero-order valence-electron chi connectivity index (χ0n) is 11.2. The summed E-state index contributed by atoms with van der Waals surface area (Å²) in [5.74, 6) is 0.917. The molecule has 0 radical (unpaired) electrons. The third-order valence-corrected chi connectivity index (χ3v) is 2.74. The zero-order chi connectivity index (χ0) is 13.2. The van der Waals surface area contributed by atoms with Gasteiger partial charge in [-0.05, 0) is 37.6 Å². The van der Waals surface area contributed by atoms with E-state index in [-0.39, 0.29) is 0 Å². The van der Waals surface area contributed by atoms with Gasteiger partial charge >= 0.3 is 0 Å². The molecule has 1 aromatic carbocycles. The number of benzene rings is 1. The molecule has 0 aliphatic carbocycles. The van der Waals surface area contributed by atoms with E-state index in [1.165, 1.54) is 0 Å². The van der Waals surface area contributed by atoms with Crippen molar-refractivity contribution in [2.45, 2.75) is 26.3 Å². The Balaban J connectivity index is 2.47. The maximum Gasteiger partial charge on any atom is 0.123 e. The van der Waals surface area contributed by atoms with Crippen molar-refractivity contribution in [1.82, 2.24) is 5.32 Å². The lowest BCUT2D eigenvalue weighted by atomic mass is 10.2. The Morgan fingerprint density at radius 1 is 1.28 bits per heavy atom. The first kappa shape index (κ1) is 15.3. The lowest BCUT2D eigenvalue weighted by Gasteiger charge is -2.12. The Labute approximate surface area is 114 Å². The van der Waals surface area contributed by atoms with Crippen LogP contribution in [0.25, 0.3) is 0 Å². The van der Waals surface area contributed by atoms with Gasteiger partial charge in [0.1, 0.15) is 5.75 Å². The molecule has 0 saturated carbocycles. The fourth-order valence-electron chi connectivity index (χ4n) is 1.60. The van der Waals surface area contributed by atoms with Crippen LogP contribution in [-0.4, -0.2) is 26.9 Å². The molecule has 0 amide bonds. The van der Waals surface area contributed by atoms with E-state index in [1.54, 1.807) is 7.11 Å². The Morgan fingerprint density at radius 2 is 2.11 bits per heavy atom. The first-order valence-electron chi connectivity index (χ1n) is 6.38. The van der Waals surface area contributed by atoms with Gasteiger partial charge in [0.15, 0.2) is 0 Å². The van der Waals surface area contributed by atoms with Crippen LogP contribution in [-0.2, 0) is 11.3 Å². The highest BCUT2D eigenvalue weighted by Crippen LogP contribution is 2.23. The van der Waals surface area contributed by atoms with Crippen LogP contribution in [0, 0.1) is 0 Å². The molecule has 0 saturated heterocycles. The molecule has 102 valence electrons. The van der Waals surface area contributed by atoms with E-state index in [1.807, 2.05) is 18.2 Å². The number of hydrogen-bond acceptors (Lipinski definition) is 3. The van der Waals surface area contributed by atoms with Gasteiger partial charge in [0, 0.05) is 30.8 Å². The number of methoxy groups -OCH3 is 1. The van der Waals surface area contributed by atoms with E-state index in [4.69, 9.17) is 21.1 Å². The highest BCUT2D eigenvalue weighted by atomic mass is 35.5. The second kappa shape index (κ2) is 9.20. The van der Waals surface area contributed by atoms with Gasteiger partial charge in [0.25, 0.3) is 0 Å². The van der Waals surface area contributed by atoms with Crippen molar-refractivity contribution in [3.05, 3.63) is 28.8 Å². The molecular weight excluding hydrogens is 250 g/mol.